The third kappa shape index (κ3) is 2.82. The zero-order chi connectivity index (χ0) is 13.1. The molecule has 1 aromatic heterocycles. The van der Waals surface area contributed by atoms with Gasteiger partial charge in [0.1, 0.15) is 22.3 Å². The van der Waals surface area contributed by atoms with E-state index in [1.807, 2.05) is 13.8 Å². The van der Waals surface area contributed by atoms with Crippen LogP contribution in [0.3, 0.4) is 0 Å². The molecule has 0 saturated carbocycles. The van der Waals surface area contributed by atoms with Gasteiger partial charge in [0.25, 0.3) is 0 Å². The fourth-order valence-electron chi connectivity index (χ4n) is 1.56. The standard InChI is InChI=1S/C13H12ClFN2S/c1-8(2)11-12(14)16-7-17-13(11)18-10-6-4-3-5-9(10)15/h3-8H,1-2H3. The molecule has 0 aliphatic carbocycles. The van der Waals surface area contributed by atoms with Crippen molar-refractivity contribution in [3.05, 3.63) is 47.1 Å². The van der Waals surface area contributed by atoms with E-state index in [0.717, 1.165) is 5.56 Å². The first-order valence-electron chi connectivity index (χ1n) is 5.52. The van der Waals surface area contributed by atoms with Crippen molar-refractivity contribution in [2.24, 2.45) is 0 Å². The van der Waals surface area contributed by atoms with Gasteiger partial charge in [0.2, 0.25) is 0 Å². The van der Waals surface area contributed by atoms with Crippen molar-refractivity contribution >= 4 is 23.4 Å². The predicted molar refractivity (Wildman–Crippen MR) is 71.7 cm³/mol. The highest BCUT2D eigenvalue weighted by molar-refractivity contribution is 7.99. The van der Waals surface area contributed by atoms with Crippen LogP contribution in [0.25, 0.3) is 0 Å². The summed E-state index contributed by atoms with van der Waals surface area (Å²) in [4.78, 5) is 8.71. The van der Waals surface area contributed by atoms with Crippen LogP contribution >= 0.6 is 23.4 Å². The maximum absolute atomic E-state index is 13.6. The van der Waals surface area contributed by atoms with Crippen molar-refractivity contribution in [3.8, 4) is 0 Å². The first kappa shape index (κ1) is 13.3. The van der Waals surface area contributed by atoms with E-state index in [2.05, 4.69) is 9.97 Å². The smallest absolute Gasteiger partial charge is 0.137 e. The van der Waals surface area contributed by atoms with Crippen molar-refractivity contribution in [1.82, 2.24) is 9.97 Å². The van der Waals surface area contributed by atoms with E-state index < -0.39 is 0 Å². The zero-order valence-electron chi connectivity index (χ0n) is 10.0. The molecule has 0 aliphatic rings. The Morgan fingerprint density at radius 2 is 1.94 bits per heavy atom. The van der Waals surface area contributed by atoms with Gasteiger partial charge in [-0.05, 0) is 18.1 Å². The molecule has 0 saturated heterocycles. The molecule has 2 nitrogen and oxygen atoms in total. The van der Waals surface area contributed by atoms with Crippen molar-refractivity contribution in [2.45, 2.75) is 29.7 Å². The number of rotatable bonds is 3. The molecule has 0 aliphatic heterocycles. The van der Waals surface area contributed by atoms with E-state index in [0.29, 0.717) is 15.1 Å². The normalized spacial score (nSPS) is 10.9. The van der Waals surface area contributed by atoms with E-state index in [1.165, 1.54) is 24.2 Å². The van der Waals surface area contributed by atoms with Crippen LogP contribution in [0.1, 0.15) is 25.3 Å². The molecule has 0 amide bonds. The second-order valence-corrected chi connectivity index (χ2v) is 5.46. The van der Waals surface area contributed by atoms with Gasteiger partial charge >= 0.3 is 0 Å². The Kier molecular flexibility index (Phi) is 4.19. The average Bonchev–Trinajstić information content (AvgIpc) is 2.31. The lowest BCUT2D eigenvalue weighted by atomic mass is 10.1. The minimum absolute atomic E-state index is 0.188. The summed E-state index contributed by atoms with van der Waals surface area (Å²) in [6, 6.07) is 6.61. The van der Waals surface area contributed by atoms with Crippen LogP contribution in [0, 0.1) is 5.82 Å². The van der Waals surface area contributed by atoms with E-state index in [1.54, 1.807) is 18.2 Å². The van der Waals surface area contributed by atoms with Gasteiger partial charge in [0, 0.05) is 10.5 Å². The second kappa shape index (κ2) is 5.67. The molecular formula is C13H12ClFN2S. The molecule has 0 bridgehead atoms. The van der Waals surface area contributed by atoms with Gasteiger partial charge in [-0.2, -0.15) is 0 Å². The highest BCUT2D eigenvalue weighted by Gasteiger charge is 2.15. The first-order chi connectivity index (χ1) is 8.59. The second-order valence-electron chi connectivity index (χ2n) is 4.07. The molecule has 1 heterocycles. The number of hydrogen-bond donors (Lipinski definition) is 0. The summed E-state index contributed by atoms with van der Waals surface area (Å²) in [6.07, 6.45) is 1.40. The minimum Gasteiger partial charge on any atom is -0.229 e. The fraction of sp³-hybridized carbons (Fsp3) is 0.231. The summed E-state index contributed by atoms with van der Waals surface area (Å²) in [5.41, 5.74) is 0.854. The van der Waals surface area contributed by atoms with Crippen LogP contribution in [0.5, 0.6) is 0 Å². The molecule has 0 radical (unpaired) electrons. The topological polar surface area (TPSA) is 25.8 Å². The summed E-state index contributed by atoms with van der Waals surface area (Å²) < 4.78 is 13.6. The zero-order valence-corrected chi connectivity index (χ0v) is 11.6. The van der Waals surface area contributed by atoms with Crippen LogP contribution in [-0.4, -0.2) is 9.97 Å². The highest BCUT2D eigenvalue weighted by atomic mass is 35.5. The van der Waals surface area contributed by atoms with Gasteiger partial charge in [0.05, 0.1) is 0 Å². The lowest BCUT2D eigenvalue weighted by molar-refractivity contribution is 0.601. The Balaban J connectivity index is 2.41. The molecule has 0 atom stereocenters. The predicted octanol–water partition coefficient (Wildman–Crippen LogP) is 4.54. The summed E-state index contributed by atoms with van der Waals surface area (Å²) in [5.74, 6) is -0.0695. The molecule has 2 aromatic rings. The number of aromatic nitrogens is 2. The van der Waals surface area contributed by atoms with Crippen LogP contribution in [0.2, 0.25) is 5.15 Å². The summed E-state index contributed by atoms with van der Waals surface area (Å²) in [6.45, 7) is 4.02. The van der Waals surface area contributed by atoms with Crippen molar-refractivity contribution in [1.29, 1.82) is 0 Å². The third-order valence-corrected chi connectivity index (χ3v) is 3.79. The summed E-state index contributed by atoms with van der Waals surface area (Å²) >= 11 is 7.34. The van der Waals surface area contributed by atoms with Crippen LogP contribution in [0.4, 0.5) is 4.39 Å². The maximum Gasteiger partial charge on any atom is 0.137 e. The quantitative estimate of drug-likeness (QED) is 0.773. The van der Waals surface area contributed by atoms with E-state index in [9.17, 15) is 4.39 Å². The van der Waals surface area contributed by atoms with Crippen molar-refractivity contribution in [3.63, 3.8) is 0 Å². The molecule has 18 heavy (non-hydrogen) atoms. The summed E-state index contributed by atoms with van der Waals surface area (Å²) in [7, 11) is 0. The maximum atomic E-state index is 13.6. The van der Waals surface area contributed by atoms with E-state index >= 15 is 0 Å². The van der Waals surface area contributed by atoms with Gasteiger partial charge < -0.3 is 0 Å². The molecular weight excluding hydrogens is 271 g/mol. The Morgan fingerprint density at radius 1 is 1.22 bits per heavy atom. The van der Waals surface area contributed by atoms with Crippen molar-refractivity contribution < 1.29 is 4.39 Å². The number of halogens is 2. The molecule has 94 valence electrons. The monoisotopic (exact) mass is 282 g/mol. The largest absolute Gasteiger partial charge is 0.229 e. The molecule has 0 spiro atoms. The fourth-order valence-corrected chi connectivity index (χ4v) is 3.03. The Labute approximate surface area is 115 Å². The summed E-state index contributed by atoms with van der Waals surface area (Å²) in [5, 5.41) is 1.13. The van der Waals surface area contributed by atoms with E-state index in [4.69, 9.17) is 11.6 Å². The van der Waals surface area contributed by atoms with Gasteiger partial charge in [-0.25, -0.2) is 14.4 Å². The molecule has 0 unspecified atom stereocenters. The van der Waals surface area contributed by atoms with Gasteiger partial charge in [-0.1, -0.05) is 49.3 Å². The molecule has 1 aromatic carbocycles. The first-order valence-corrected chi connectivity index (χ1v) is 6.72. The van der Waals surface area contributed by atoms with Gasteiger partial charge in [0.15, 0.2) is 0 Å². The lowest BCUT2D eigenvalue weighted by Crippen LogP contribution is -1.98. The molecule has 0 fully saturated rings. The number of benzene rings is 1. The Morgan fingerprint density at radius 3 is 2.61 bits per heavy atom. The number of nitrogens with zero attached hydrogens (tertiary/aromatic N) is 2. The Bertz CT molecular complexity index is 560. The van der Waals surface area contributed by atoms with Gasteiger partial charge in [-0.15, -0.1) is 0 Å². The van der Waals surface area contributed by atoms with Gasteiger partial charge in [-0.3, -0.25) is 0 Å². The molecule has 0 N–H and O–H groups in total. The van der Waals surface area contributed by atoms with Crippen LogP contribution in [0.15, 0.2) is 40.5 Å². The Hall–Kier alpha value is -1.13. The molecule has 5 heteroatoms. The lowest BCUT2D eigenvalue weighted by Gasteiger charge is -2.12. The van der Waals surface area contributed by atoms with Crippen LogP contribution in [-0.2, 0) is 0 Å². The number of hydrogen-bond acceptors (Lipinski definition) is 3. The van der Waals surface area contributed by atoms with Crippen LogP contribution < -0.4 is 0 Å². The molecule has 2 rings (SSSR count). The highest BCUT2D eigenvalue weighted by Crippen LogP contribution is 2.35. The SMILES string of the molecule is CC(C)c1c(Cl)ncnc1Sc1ccccc1F. The van der Waals surface area contributed by atoms with E-state index in [-0.39, 0.29) is 11.7 Å². The third-order valence-electron chi connectivity index (χ3n) is 2.42. The van der Waals surface area contributed by atoms with Crippen molar-refractivity contribution in [2.75, 3.05) is 0 Å². The average molecular weight is 283 g/mol. The minimum atomic E-state index is -0.257.